The lowest BCUT2D eigenvalue weighted by Crippen LogP contribution is -2.18. The van der Waals surface area contributed by atoms with Gasteiger partial charge in [0, 0.05) is 12.6 Å². The van der Waals surface area contributed by atoms with Crippen LogP contribution in [0.25, 0.3) is 0 Å². The first-order valence-electron chi connectivity index (χ1n) is 7.44. The van der Waals surface area contributed by atoms with Crippen LogP contribution < -0.4 is 19.5 Å². The topological polar surface area (TPSA) is 39.7 Å². The van der Waals surface area contributed by atoms with E-state index in [-0.39, 0.29) is 12.8 Å². The Morgan fingerprint density at radius 2 is 2.05 bits per heavy atom. The monoisotopic (exact) mass is 299 g/mol. The molecule has 22 heavy (non-hydrogen) atoms. The highest BCUT2D eigenvalue weighted by Gasteiger charge is 2.20. The zero-order valence-electron chi connectivity index (χ0n) is 13.2. The van der Waals surface area contributed by atoms with Crippen molar-refractivity contribution in [3.8, 4) is 17.2 Å². The maximum absolute atomic E-state index is 5.46. The molecule has 0 spiro atoms. The second-order valence-electron chi connectivity index (χ2n) is 5.49. The first kappa shape index (κ1) is 14.7. The van der Waals surface area contributed by atoms with Crippen LogP contribution in [0.15, 0.2) is 36.4 Å². The standard InChI is InChI=1S/C18H21NO3/c1-12-6-4-5-7-15(12)13(2)19-10-14-8-16(20-3)18-17(9-14)21-11-22-18/h4-9,13,19H,10-11H2,1-3H3. The smallest absolute Gasteiger partial charge is 0.231 e. The fourth-order valence-electron chi connectivity index (χ4n) is 2.74. The molecule has 0 aromatic heterocycles. The summed E-state index contributed by atoms with van der Waals surface area (Å²) in [5, 5.41) is 3.55. The highest BCUT2D eigenvalue weighted by molar-refractivity contribution is 5.55. The van der Waals surface area contributed by atoms with Crippen molar-refractivity contribution in [2.24, 2.45) is 0 Å². The minimum atomic E-state index is 0.252. The van der Waals surface area contributed by atoms with E-state index < -0.39 is 0 Å². The van der Waals surface area contributed by atoms with E-state index in [0.29, 0.717) is 5.75 Å². The van der Waals surface area contributed by atoms with Crippen LogP contribution in [0.2, 0.25) is 0 Å². The van der Waals surface area contributed by atoms with Gasteiger partial charge in [-0.3, -0.25) is 0 Å². The van der Waals surface area contributed by atoms with Gasteiger partial charge in [0.1, 0.15) is 0 Å². The van der Waals surface area contributed by atoms with Gasteiger partial charge in [0.25, 0.3) is 0 Å². The minimum absolute atomic E-state index is 0.252. The SMILES string of the molecule is COc1cc(CNC(C)c2ccccc2C)cc2c1OCO2. The first-order chi connectivity index (χ1) is 10.7. The lowest BCUT2D eigenvalue weighted by Gasteiger charge is -2.17. The van der Waals surface area contributed by atoms with Gasteiger partial charge in [-0.15, -0.1) is 0 Å². The third-order valence-electron chi connectivity index (χ3n) is 3.99. The highest BCUT2D eigenvalue weighted by atomic mass is 16.7. The van der Waals surface area contributed by atoms with Crippen LogP contribution in [-0.4, -0.2) is 13.9 Å². The van der Waals surface area contributed by atoms with Crippen molar-refractivity contribution in [3.63, 3.8) is 0 Å². The van der Waals surface area contributed by atoms with E-state index in [1.54, 1.807) is 7.11 Å². The second kappa shape index (κ2) is 6.28. The average Bonchev–Trinajstić information content (AvgIpc) is 3.00. The second-order valence-corrected chi connectivity index (χ2v) is 5.49. The molecule has 2 aromatic carbocycles. The maximum Gasteiger partial charge on any atom is 0.231 e. The molecule has 0 bridgehead atoms. The van der Waals surface area contributed by atoms with Gasteiger partial charge in [-0.2, -0.15) is 0 Å². The summed E-state index contributed by atoms with van der Waals surface area (Å²) in [7, 11) is 1.64. The number of hydrogen-bond acceptors (Lipinski definition) is 4. The van der Waals surface area contributed by atoms with Crippen molar-refractivity contribution >= 4 is 0 Å². The van der Waals surface area contributed by atoms with Gasteiger partial charge in [0.2, 0.25) is 12.5 Å². The number of ether oxygens (including phenoxy) is 3. The molecule has 2 aromatic rings. The fraction of sp³-hybridized carbons (Fsp3) is 0.333. The van der Waals surface area contributed by atoms with Gasteiger partial charge >= 0.3 is 0 Å². The molecule has 0 amide bonds. The van der Waals surface area contributed by atoms with Gasteiger partial charge in [0.15, 0.2) is 11.5 Å². The summed E-state index contributed by atoms with van der Waals surface area (Å²) >= 11 is 0. The number of nitrogens with one attached hydrogen (secondary N) is 1. The molecule has 116 valence electrons. The van der Waals surface area contributed by atoms with Gasteiger partial charge in [-0.05, 0) is 42.7 Å². The molecule has 1 unspecified atom stereocenters. The van der Waals surface area contributed by atoms with Crippen LogP contribution in [0, 0.1) is 6.92 Å². The molecular formula is C18H21NO3. The summed E-state index contributed by atoms with van der Waals surface area (Å²) in [6, 6.07) is 12.7. The van der Waals surface area contributed by atoms with Crippen LogP contribution in [-0.2, 0) is 6.54 Å². The molecule has 4 nitrogen and oxygen atoms in total. The Balaban J connectivity index is 1.73. The number of fused-ring (bicyclic) bond motifs is 1. The Morgan fingerprint density at radius 3 is 2.82 bits per heavy atom. The third-order valence-corrected chi connectivity index (χ3v) is 3.99. The number of rotatable bonds is 5. The molecule has 1 N–H and O–H groups in total. The first-order valence-corrected chi connectivity index (χ1v) is 7.44. The lowest BCUT2D eigenvalue weighted by molar-refractivity contribution is 0.171. The van der Waals surface area contributed by atoms with Crippen LogP contribution >= 0.6 is 0 Å². The molecule has 1 atom stereocenters. The number of benzene rings is 2. The summed E-state index contributed by atoms with van der Waals surface area (Å²) in [5.74, 6) is 2.16. The zero-order chi connectivity index (χ0) is 15.5. The Kier molecular flexibility index (Phi) is 4.20. The predicted octanol–water partition coefficient (Wildman–Crippen LogP) is 3.58. The van der Waals surface area contributed by atoms with E-state index >= 15 is 0 Å². The van der Waals surface area contributed by atoms with E-state index in [1.165, 1.54) is 11.1 Å². The van der Waals surface area contributed by atoms with Crippen LogP contribution in [0.1, 0.15) is 29.7 Å². The van der Waals surface area contributed by atoms with E-state index in [1.807, 2.05) is 12.1 Å². The van der Waals surface area contributed by atoms with Gasteiger partial charge in [0.05, 0.1) is 7.11 Å². The maximum atomic E-state index is 5.46. The summed E-state index contributed by atoms with van der Waals surface area (Å²) < 4.78 is 16.3. The van der Waals surface area contributed by atoms with E-state index in [0.717, 1.165) is 23.6 Å². The molecule has 0 saturated carbocycles. The molecule has 1 aliphatic heterocycles. The average molecular weight is 299 g/mol. The summed E-state index contributed by atoms with van der Waals surface area (Å²) in [6.07, 6.45) is 0. The Morgan fingerprint density at radius 1 is 1.23 bits per heavy atom. The Labute approximate surface area is 131 Å². The van der Waals surface area contributed by atoms with Crippen molar-refractivity contribution in [1.82, 2.24) is 5.32 Å². The van der Waals surface area contributed by atoms with Crippen LogP contribution in [0.5, 0.6) is 17.2 Å². The number of hydrogen-bond donors (Lipinski definition) is 1. The van der Waals surface area contributed by atoms with Crippen LogP contribution in [0.3, 0.4) is 0 Å². The molecule has 3 rings (SSSR count). The van der Waals surface area contributed by atoms with Crippen molar-refractivity contribution in [3.05, 3.63) is 53.1 Å². The van der Waals surface area contributed by atoms with Gasteiger partial charge in [-0.1, -0.05) is 24.3 Å². The molecule has 4 heteroatoms. The molecule has 0 aliphatic carbocycles. The van der Waals surface area contributed by atoms with Crippen LogP contribution in [0.4, 0.5) is 0 Å². The minimum Gasteiger partial charge on any atom is -0.493 e. The number of aryl methyl sites for hydroxylation is 1. The molecule has 0 fully saturated rings. The fourth-order valence-corrected chi connectivity index (χ4v) is 2.74. The number of methoxy groups -OCH3 is 1. The van der Waals surface area contributed by atoms with E-state index in [2.05, 4.69) is 43.4 Å². The molecule has 0 saturated heterocycles. The lowest BCUT2D eigenvalue weighted by atomic mass is 10.0. The van der Waals surface area contributed by atoms with Crippen molar-refractivity contribution in [2.75, 3.05) is 13.9 Å². The summed E-state index contributed by atoms with van der Waals surface area (Å²) in [4.78, 5) is 0. The largest absolute Gasteiger partial charge is 0.493 e. The quantitative estimate of drug-likeness (QED) is 0.916. The molecule has 1 heterocycles. The van der Waals surface area contributed by atoms with Gasteiger partial charge in [-0.25, -0.2) is 0 Å². The zero-order valence-corrected chi connectivity index (χ0v) is 13.2. The molecule has 1 aliphatic rings. The normalized spacial score (nSPS) is 14.0. The highest BCUT2D eigenvalue weighted by Crippen LogP contribution is 2.41. The Hall–Kier alpha value is -2.20. The van der Waals surface area contributed by atoms with E-state index in [9.17, 15) is 0 Å². The van der Waals surface area contributed by atoms with Gasteiger partial charge < -0.3 is 19.5 Å². The summed E-state index contributed by atoms with van der Waals surface area (Å²) in [6.45, 7) is 5.30. The predicted molar refractivity (Wildman–Crippen MR) is 85.6 cm³/mol. The molecule has 0 radical (unpaired) electrons. The van der Waals surface area contributed by atoms with Crippen molar-refractivity contribution < 1.29 is 14.2 Å². The Bertz CT molecular complexity index is 669. The summed E-state index contributed by atoms with van der Waals surface area (Å²) in [5.41, 5.74) is 3.72. The third kappa shape index (κ3) is 2.88. The molecular weight excluding hydrogens is 278 g/mol. The van der Waals surface area contributed by atoms with Crippen molar-refractivity contribution in [2.45, 2.75) is 26.4 Å². The van der Waals surface area contributed by atoms with E-state index in [4.69, 9.17) is 14.2 Å². The van der Waals surface area contributed by atoms with Crippen molar-refractivity contribution in [1.29, 1.82) is 0 Å².